The Hall–Kier alpha value is -0.520. The maximum atomic E-state index is 2.27. The smallest absolute Gasteiger partial charge is 0.0351 e. The molecule has 0 bridgehead atoms. The van der Waals surface area contributed by atoms with Gasteiger partial charge in [0.2, 0.25) is 0 Å². The zero-order chi connectivity index (χ0) is 8.49. The van der Waals surface area contributed by atoms with Gasteiger partial charge in [-0.05, 0) is 51.4 Å². The van der Waals surface area contributed by atoms with Crippen LogP contribution in [0.4, 0.5) is 0 Å². The zero-order valence-electron chi connectivity index (χ0n) is 7.97. The molecule has 0 heteroatoms. The first-order valence-electron chi connectivity index (χ1n) is 5.30. The maximum Gasteiger partial charge on any atom is -0.0351 e. The highest BCUT2D eigenvalue weighted by Gasteiger charge is 1.87. The van der Waals surface area contributed by atoms with Crippen molar-refractivity contribution < 1.29 is 0 Å². The highest BCUT2D eigenvalue weighted by Crippen LogP contribution is 2.07. The van der Waals surface area contributed by atoms with E-state index in [1.54, 1.807) is 0 Å². The van der Waals surface area contributed by atoms with Gasteiger partial charge in [0.15, 0.2) is 0 Å². The Morgan fingerprint density at radius 1 is 0.417 bits per heavy atom. The summed E-state index contributed by atoms with van der Waals surface area (Å²) in [4.78, 5) is 0. The second-order valence-electron chi connectivity index (χ2n) is 3.51. The van der Waals surface area contributed by atoms with Crippen LogP contribution in [0.25, 0.3) is 0 Å². The molecule has 0 saturated heterocycles. The molecule has 0 aromatic carbocycles. The molecule has 0 radical (unpaired) electrons. The lowest BCUT2D eigenvalue weighted by molar-refractivity contribution is 0.730. The Morgan fingerprint density at radius 3 is 0.750 bits per heavy atom. The van der Waals surface area contributed by atoms with Crippen molar-refractivity contribution in [3.8, 4) is 0 Å². The first-order chi connectivity index (χ1) is 6.00. The highest BCUT2D eigenvalue weighted by atomic mass is 13.9. The molecule has 0 aliphatic heterocycles. The Balaban J connectivity index is 0.000000120. The Morgan fingerprint density at radius 2 is 0.667 bits per heavy atom. The molecule has 0 nitrogen and oxygen atoms in total. The normalized spacial score (nSPS) is 21.3. The van der Waals surface area contributed by atoms with Crippen LogP contribution in [0.1, 0.15) is 51.4 Å². The largest absolute Gasteiger partial charge is 0.0885 e. The third kappa shape index (κ3) is 5.17. The SMILES string of the molecule is C1=CCCCC1.C1=CCCCC1. The average molecular weight is 164 g/mol. The highest BCUT2D eigenvalue weighted by molar-refractivity contribution is 4.85. The van der Waals surface area contributed by atoms with Crippen LogP contribution in [0.15, 0.2) is 24.3 Å². The summed E-state index contributed by atoms with van der Waals surface area (Å²) in [5.74, 6) is 0. The fraction of sp³-hybridized carbons (Fsp3) is 0.667. The van der Waals surface area contributed by atoms with E-state index in [1.807, 2.05) is 0 Å². The molecule has 0 amide bonds. The van der Waals surface area contributed by atoms with Crippen LogP contribution >= 0.6 is 0 Å². The van der Waals surface area contributed by atoms with Gasteiger partial charge in [-0.25, -0.2) is 0 Å². The molecule has 0 atom stereocenters. The third-order valence-electron chi connectivity index (χ3n) is 2.32. The monoisotopic (exact) mass is 164 g/mol. The number of hydrogen-bond donors (Lipinski definition) is 0. The Kier molecular flexibility index (Phi) is 5.70. The van der Waals surface area contributed by atoms with Crippen molar-refractivity contribution in [1.29, 1.82) is 0 Å². The molecule has 2 rings (SSSR count). The number of hydrogen-bond acceptors (Lipinski definition) is 0. The van der Waals surface area contributed by atoms with Crippen LogP contribution in [0, 0.1) is 0 Å². The minimum absolute atomic E-state index is 1.32. The van der Waals surface area contributed by atoms with Gasteiger partial charge in [-0.15, -0.1) is 0 Å². The third-order valence-corrected chi connectivity index (χ3v) is 2.32. The fourth-order valence-electron chi connectivity index (χ4n) is 1.52. The molecular weight excluding hydrogens is 144 g/mol. The predicted molar refractivity (Wildman–Crippen MR) is 55.2 cm³/mol. The number of allylic oxidation sites excluding steroid dienone is 4. The molecule has 12 heavy (non-hydrogen) atoms. The van der Waals surface area contributed by atoms with Crippen molar-refractivity contribution in [3.63, 3.8) is 0 Å². The standard InChI is InChI=1S/2C6H10/c2*1-2-4-6-5-3-1/h2*1-2H,3-6H2. The lowest BCUT2D eigenvalue weighted by atomic mass is 10.1. The minimum Gasteiger partial charge on any atom is -0.0885 e. The fourth-order valence-corrected chi connectivity index (χ4v) is 1.52. The summed E-state index contributed by atoms with van der Waals surface area (Å²) in [7, 11) is 0. The van der Waals surface area contributed by atoms with Gasteiger partial charge in [0.25, 0.3) is 0 Å². The van der Waals surface area contributed by atoms with Gasteiger partial charge >= 0.3 is 0 Å². The van der Waals surface area contributed by atoms with Crippen molar-refractivity contribution in [2.24, 2.45) is 0 Å². The molecule has 0 saturated carbocycles. The van der Waals surface area contributed by atoms with Gasteiger partial charge in [0, 0.05) is 0 Å². The summed E-state index contributed by atoms with van der Waals surface area (Å²) in [5, 5.41) is 0. The van der Waals surface area contributed by atoms with E-state index in [4.69, 9.17) is 0 Å². The van der Waals surface area contributed by atoms with E-state index in [0.717, 1.165) is 0 Å². The summed E-state index contributed by atoms with van der Waals surface area (Å²) >= 11 is 0. The molecule has 2 aliphatic carbocycles. The summed E-state index contributed by atoms with van der Waals surface area (Å²) in [5.41, 5.74) is 0. The van der Waals surface area contributed by atoms with E-state index < -0.39 is 0 Å². The van der Waals surface area contributed by atoms with Crippen LogP contribution in [0.2, 0.25) is 0 Å². The molecule has 0 fully saturated rings. The summed E-state index contributed by atoms with van der Waals surface area (Å²) in [6.07, 6.45) is 20.0. The van der Waals surface area contributed by atoms with Crippen LogP contribution in [0.3, 0.4) is 0 Å². The van der Waals surface area contributed by atoms with E-state index in [-0.39, 0.29) is 0 Å². The molecule has 0 aromatic heterocycles. The Bertz CT molecular complexity index is 108. The molecule has 2 aliphatic rings. The summed E-state index contributed by atoms with van der Waals surface area (Å²) in [6.45, 7) is 0. The van der Waals surface area contributed by atoms with Crippen molar-refractivity contribution in [1.82, 2.24) is 0 Å². The molecule has 0 spiro atoms. The molecule has 0 N–H and O–H groups in total. The summed E-state index contributed by atoms with van der Waals surface area (Å²) in [6, 6.07) is 0. The van der Waals surface area contributed by atoms with Gasteiger partial charge in [-0.1, -0.05) is 24.3 Å². The van der Waals surface area contributed by atoms with Crippen LogP contribution < -0.4 is 0 Å². The molecule has 0 heterocycles. The van der Waals surface area contributed by atoms with E-state index in [0.29, 0.717) is 0 Å². The molecule has 68 valence electrons. The van der Waals surface area contributed by atoms with Gasteiger partial charge in [0.05, 0.1) is 0 Å². The van der Waals surface area contributed by atoms with E-state index in [9.17, 15) is 0 Å². The van der Waals surface area contributed by atoms with Crippen molar-refractivity contribution in [2.45, 2.75) is 51.4 Å². The van der Waals surface area contributed by atoms with Gasteiger partial charge in [0.1, 0.15) is 0 Å². The second-order valence-corrected chi connectivity index (χ2v) is 3.51. The van der Waals surface area contributed by atoms with E-state index >= 15 is 0 Å². The van der Waals surface area contributed by atoms with Crippen molar-refractivity contribution in [2.75, 3.05) is 0 Å². The van der Waals surface area contributed by atoms with E-state index in [2.05, 4.69) is 24.3 Å². The first kappa shape index (κ1) is 9.57. The topological polar surface area (TPSA) is 0 Å². The zero-order valence-corrected chi connectivity index (χ0v) is 7.97. The number of rotatable bonds is 0. The Labute approximate surface area is 76.4 Å². The quantitative estimate of drug-likeness (QED) is 0.470. The lowest BCUT2D eigenvalue weighted by Gasteiger charge is -1.97. The molecule has 0 unspecified atom stereocenters. The summed E-state index contributed by atoms with van der Waals surface area (Å²) < 4.78 is 0. The predicted octanol–water partition coefficient (Wildman–Crippen LogP) is 4.23. The van der Waals surface area contributed by atoms with Crippen molar-refractivity contribution in [3.05, 3.63) is 24.3 Å². The van der Waals surface area contributed by atoms with Crippen LogP contribution in [0.5, 0.6) is 0 Å². The van der Waals surface area contributed by atoms with Gasteiger partial charge in [-0.2, -0.15) is 0 Å². The van der Waals surface area contributed by atoms with E-state index in [1.165, 1.54) is 51.4 Å². The van der Waals surface area contributed by atoms with Crippen LogP contribution in [-0.4, -0.2) is 0 Å². The van der Waals surface area contributed by atoms with Gasteiger partial charge in [-0.3, -0.25) is 0 Å². The lowest BCUT2D eigenvalue weighted by Crippen LogP contribution is -1.77. The van der Waals surface area contributed by atoms with Crippen LogP contribution in [-0.2, 0) is 0 Å². The molecular formula is C12H20. The first-order valence-corrected chi connectivity index (χ1v) is 5.30. The molecule has 0 aromatic rings. The minimum atomic E-state index is 1.32. The second kappa shape index (κ2) is 7.15. The van der Waals surface area contributed by atoms with Crippen molar-refractivity contribution >= 4 is 0 Å². The average Bonchev–Trinajstić information content (AvgIpc) is 2.24. The maximum absolute atomic E-state index is 2.27. The van der Waals surface area contributed by atoms with Gasteiger partial charge < -0.3 is 0 Å².